The second kappa shape index (κ2) is 5.25. The van der Waals surface area contributed by atoms with Crippen LogP contribution in [0.25, 0.3) is 0 Å². The van der Waals surface area contributed by atoms with Gasteiger partial charge in [0, 0.05) is 6.20 Å². The fourth-order valence-corrected chi connectivity index (χ4v) is 1.59. The number of benzene rings is 1. The van der Waals surface area contributed by atoms with E-state index in [1.54, 1.807) is 6.20 Å². The Labute approximate surface area is 101 Å². The number of anilines is 1. The van der Waals surface area contributed by atoms with Crippen LogP contribution in [-0.2, 0) is 11.2 Å². The van der Waals surface area contributed by atoms with Crippen molar-refractivity contribution in [1.82, 2.24) is 4.98 Å². The Kier molecular flexibility index (Phi) is 3.50. The van der Waals surface area contributed by atoms with E-state index in [1.807, 2.05) is 49.4 Å². The van der Waals surface area contributed by atoms with Crippen molar-refractivity contribution < 1.29 is 4.79 Å². The van der Waals surface area contributed by atoms with Gasteiger partial charge in [0.2, 0.25) is 5.91 Å². The number of nitrogens with zero attached hydrogens (tertiary/aromatic N) is 1. The van der Waals surface area contributed by atoms with E-state index < -0.39 is 0 Å². The first-order chi connectivity index (χ1) is 8.25. The summed E-state index contributed by atoms with van der Waals surface area (Å²) in [7, 11) is 0. The number of carbonyl (C=O) groups is 1. The van der Waals surface area contributed by atoms with Crippen LogP contribution in [0.4, 0.5) is 5.69 Å². The van der Waals surface area contributed by atoms with Crippen LogP contribution in [0.15, 0.2) is 48.7 Å². The highest BCUT2D eigenvalue weighted by molar-refractivity contribution is 5.92. The van der Waals surface area contributed by atoms with Gasteiger partial charge in [-0.25, -0.2) is 0 Å². The van der Waals surface area contributed by atoms with Crippen LogP contribution in [0.3, 0.4) is 0 Å². The molecule has 2 aromatic rings. The lowest BCUT2D eigenvalue weighted by molar-refractivity contribution is -0.115. The predicted octanol–water partition coefficient (Wildman–Crippen LogP) is 2.57. The summed E-state index contributed by atoms with van der Waals surface area (Å²) in [5.41, 5.74) is 2.61. The molecule has 1 heterocycles. The van der Waals surface area contributed by atoms with Gasteiger partial charge in [-0.05, 0) is 24.6 Å². The van der Waals surface area contributed by atoms with Gasteiger partial charge in [-0.15, -0.1) is 0 Å². The van der Waals surface area contributed by atoms with Gasteiger partial charge >= 0.3 is 0 Å². The molecule has 1 aromatic carbocycles. The third-order valence-corrected chi connectivity index (χ3v) is 2.49. The zero-order valence-corrected chi connectivity index (χ0v) is 9.68. The van der Waals surface area contributed by atoms with Gasteiger partial charge in [0.05, 0.1) is 17.8 Å². The number of hydrogen-bond acceptors (Lipinski definition) is 2. The smallest absolute Gasteiger partial charge is 0.228 e. The summed E-state index contributed by atoms with van der Waals surface area (Å²) in [6, 6.07) is 13.3. The van der Waals surface area contributed by atoms with E-state index in [9.17, 15) is 4.79 Å². The summed E-state index contributed by atoms with van der Waals surface area (Å²) >= 11 is 0. The average Bonchev–Trinajstić information content (AvgIpc) is 2.33. The van der Waals surface area contributed by atoms with Crippen LogP contribution in [0, 0.1) is 6.92 Å². The number of rotatable bonds is 3. The third-order valence-electron chi connectivity index (χ3n) is 2.49. The van der Waals surface area contributed by atoms with Crippen LogP contribution in [-0.4, -0.2) is 10.9 Å². The van der Waals surface area contributed by atoms with E-state index in [-0.39, 0.29) is 5.91 Å². The van der Waals surface area contributed by atoms with Crippen molar-refractivity contribution >= 4 is 11.6 Å². The van der Waals surface area contributed by atoms with Gasteiger partial charge in [-0.1, -0.05) is 30.3 Å². The summed E-state index contributed by atoms with van der Waals surface area (Å²) in [6.07, 6.45) is 2.09. The first-order valence-corrected chi connectivity index (χ1v) is 5.51. The quantitative estimate of drug-likeness (QED) is 0.874. The van der Waals surface area contributed by atoms with Crippen molar-refractivity contribution in [2.75, 3.05) is 5.32 Å². The molecule has 0 bridgehead atoms. The Morgan fingerprint density at radius 1 is 1.18 bits per heavy atom. The molecule has 1 aromatic heterocycles. The summed E-state index contributed by atoms with van der Waals surface area (Å²) in [5.74, 6) is -0.0210. The number of amides is 1. The number of hydrogen-bond donors (Lipinski definition) is 1. The second-order valence-electron chi connectivity index (χ2n) is 3.85. The molecule has 0 fully saturated rings. The van der Waals surface area contributed by atoms with Crippen molar-refractivity contribution in [2.24, 2.45) is 0 Å². The zero-order valence-electron chi connectivity index (χ0n) is 9.68. The molecule has 3 nitrogen and oxygen atoms in total. The van der Waals surface area contributed by atoms with Gasteiger partial charge in [0.25, 0.3) is 0 Å². The molecule has 2 rings (SSSR count). The minimum atomic E-state index is -0.0210. The molecule has 0 saturated carbocycles. The van der Waals surface area contributed by atoms with Crippen molar-refractivity contribution in [3.05, 3.63) is 59.9 Å². The minimum absolute atomic E-state index is 0.0210. The maximum absolute atomic E-state index is 11.8. The highest BCUT2D eigenvalue weighted by atomic mass is 16.1. The molecule has 0 aliphatic heterocycles. The first kappa shape index (κ1) is 11.3. The maximum Gasteiger partial charge on any atom is 0.228 e. The molecular weight excluding hydrogens is 212 g/mol. The largest absolute Gasteiger partial charge is 0.324 e. The molecule has 86 valence electrons. The van der Waals surface area contributed by atoms with E-state index in [1.165, 1.54) is 0 Å². The third kappa shape index (κ3) is 3.14. The molecule has 0 radical (unpaired) electrons. The topological polar surface area (TPSA) is 42.0 Å². The number of pyridine rings is 1. The van der Waals surface area contributed by atoms with Gasteiger partial charge in [0.1, 0.15) is 0 Å². The Morgan fingerprint density at radius 3 is 2.65 bits per heavy atom. The minimum Gasteiger partial charge on any atom is -0.324 e. The lowest BCUT2D eigenvalue weighted by atomic mass is 10.1. The van der Waals surface area contributed by atoms with Crippen molar-refractivity contribution in [2.45, 2.75) is 13.3 Å². The molecule has 0 aliphatic rings. The lowest BCUT2D eigenvalue weighted by Gasteiger charge is -2.07. The van der Waals surface area contributed by atoms with Crippen LogP contribution < -0.4 is 5.32 Å². The molecule has 0 unspecified atom stereocenters. The van der Waals surface area contributed by atoms with E-state index in [4.69, 9.17) is 0 Å². The number of aromatic nitrogens is 1. The Balaban J connectivity index is 2.01. The Bertz CT molecular complexity index is 509. The van der Waals surface area contributed by atoms with Crippen molar-refractivity contribution in [3.8, 4) is 0 Å². The van der Waals surface area contributed by atoms with Gasteiger partial charge < -0.3 is 5.32 Å². The normalized spacial score (nSPS) is 9.94. The van der Waals surface area contributed by atoms with Crippen LogP contribution in [0.2, 0.25) is 0 Å². The van der Waals surface area contributed by atoms with Crippen molar-refractivity contribution in [3.63, 3.8) is 0 Å². The van der Waals surface area contributed by atoms with Gasteiger partial charge in [0.15, 0.2) is 0 Å². The van der Waals surface area contributed by atoms with Crippen LogP contribution in [0.1, 0.15) is 11.3 Å². The van der Waals surface area contributed by atoms with Gasteiger partial charge in [-0.2, -0.15) is 0 Å². The Morgan fingerprint density at radius 2 is 1.94 bits per heavy atom. The summed E-state index contributed by atoms with van der Waals surface area (Å²) < 4.78 is 0. The summed E-state index contributed by atoms with van der Waals surface area (Å²) in [5, 5.41) is 2.86. The monoisotopic (exact) mass is 226 g/mol. The summed E-state index contributed by atoms with van der Waals surface area (Å²) in [4.78, 5) is 15.9. The average molecular weight is 226 g/mol. The molecule has 1 amide bonds. The number of nitrogens with one attached hydrogen (secondary N) is 1. The second-order valence-corrected chi connectivity index (χ2v) is 3.85. The molecule has 17 heavy (non-hydrogen) atoms. The maximum atomic E-state index is 11.8. The molecule has 3 heteroatoms. The van der Waals surface area contributed by atoms with E-state index >= 15 is 0 Å². The van der Waals surface area contributed by atoms with Crippen LogP contribution in [0.5, 0.6) is 0 Å². The van der Waals surface area contributed by atoms with Crippen molar-refractivity contribution in [1.29, 1.82) is 0 Å². The standard InChI is InChI=1S/C14H14N2O/c1-11-13(8-5-9-15-11)16-14(17)10-12-6-3-2-4-7-12/h2-9H,10H2,1H3,(H,16,17). The molecule has 0 atom stereocenters. The summed E-state index contributed by atoms with van der Waals surface area (Å²) in [6.45, 7) is 1.87. The molecule has 1 N–H and O–H groups in total. The lowest BCUT2D eigenvalue weighted by Crippen LogP contribution is -2.15. The highest BCUT2D eigenvalue weighted by Gasteiger charge is 2.05. The molecule has 0 spiro atoms. The molecular formula is C14H14N2O. The van der Waals surface area contributed by atoms with E-state index in [0.717, 1.165) is 16.9 Å². The highest BCUT2D eigenvalue weighted by Crippen LogP contribution is 2.11. The zero-order chi connectivity index (χ0) is 12.1. The van der Waals surface area contributed by atoms with Gasteiger partial charge in [-0.3, -0.25) is 9.78 Å². The number of aryl methyl sites for hydroxylation is 1. The van der Waals surface area contributed by atoms with E-state index in [2.05, 4.69) is 10.3 Å². The van der Waals surface area contributed by atoms with Crippen LogP contribution >= 0.6 is 0 Å². The first-order valence-electron chi connectivity index (χ1n) is 5.51. The predicted molar refractivity (Wildman–Crippen MR) is 67.7 cm³/mol. The Hall–Kier alpha value is -2.16. The SMILES string of the molecule is Cc1ncccc1NC(=O)Cc1ccccc1. The molecule has 0 aliphatic carbocycles. The number of carbonyl (C=O) groups excluding carboxylic acids is 1. The fraction of sp³-hybridized carbons (Fsp3) is 0.143. The molecule has 0 saturated heterocycles. The van der Waals surface area contributed by atoms with E-state index in [0.29, 0.717) is 6.42 Å². The fourth-order valence-electron chi connectivity index (χ4n) is 1.59.